The van der Waals surface area contributed by atoms with Gasteiger partial charge in [-0.2, -0.15) is 0 Å². The number of carbonyl (C=O) groups excluding carboxylic acids is 2. The van der Waals surface area contributed by atoms with Gasteiger partial charge in [0.25, 0.3) is 5.91 Å². The Balaban J connectivity index is 1.57. The number of halogens is 2. The summed E-state index contributed by atoms with van der Waals surface area (Å²) >= 11 is 11.7. The number of rotatable bonds is 4. The highest BCUT2D eigenvalue weighted by molar-refractivity contribution is 6.42. The minimum absolute atomic E-state index is 0.0186. The average Bonchev–Trinajstić information content (AvgIpc) is 2.89. The van der Waals surface area contributed by atoms with Crippen LogP contribution in [0.15, 0.2) is 36.4 Å². The molecule has 0 fully saturated rings. The third-order valence-corrected chi connectivity index (χ3v) is 4.41. The molecule has 0 radical (unpaired) electrons. The molecule has 0 aliphatic carbocycles. The van der Waals surface area contributed by atoms with Crippen LogP contribution in [0.3, 0.4) is 0 Å². The van der Waals surface area contributed by atoms with Crippen molar-refractivity contribution in [3.05, 3.63) is 63.1 Å². The first-order valence-electron chi connectivity index (χ1n) is 7.18. The van der Waals surface area contributed by atoms with Gasteiger partial charge in [0.1, 0.15) is 0 Å². The lowest BCUT2D eigenvalue weighted by Gasteiger charge is -2.07. The predicted molar refractivity (Wildman–Crippen MR) is 91.3 cm³/mol. The van der Waals surface area contributed by atoms with Crippen molar-refractivity contribution in [3.63, 3.8) is 0 Å². The smallest absolute Gasteiger partial charge is 0.251 e. The summed E-state index contributed by atoms with van der Waals surface area (Å²) in [4.78, 5) is 23.4. The van der Waals surface area contributed by atoms with Crippen molar-refractivity contribution < 1.29 is 9.59 Å². The van der Waals surface area contributed by atoms with Gasteiger partial charge in [-0.25, -0.2) is 0 Å². The average molecular weight is 349 g/mol. The van der Waals surface area contributed by atoms with Crippen molar-refractivity contribution in [1.82, 2.24) is 5.32 Å². The highest BCUT2D eigenvalue weighted by Crippen LogP contribution is 2.24. The Morgan fingerprint density at radius 3 is 2.74 bits per heavy atom. The number of anilines is 1. The Bertz CT molecular complexity index is 790. The van der Waals surface area contributed by atoms with Crippen LogP contribution < -0.4 is 10.6 Å². The Hall–Kier alpha value is -2.04. The first-order chi connectivity index (χ1) is 11.0. The highest BCUT2D eigenvalue weighted by Gasteiger charge is 2.17. The van der Waals surface area contributed by atoms with E-state index in [0.29, 0.717) is 35.0 Å². The van der Waals surface area contributed by atoms with E-state index in [1.807, 2.05) is 18.2 Å². The summed E-state index contributed by atoms with van der Waals surface area (Å²) in [6.45, 7) is 0.499. The molecular formula is C17H14Cl2N2O2. The van der Waals surface area contributed by atoms with E-state index in [4.69, 9.17) is 23.2 Å². The van der Waals surface area contributed by atoms with Crippen LogP contribution in [0.1, 0.15) is 21.5 Å². The van der Waals surface area contributed by atoms with Crippen LogP contribution in [0, 0.1) is 0 Å². The number of hydrogen-bond acceptors (Lipinski definition) is 2. The van der Waals surface area contributed by atoms with Crippen LogP contribution in [0.25, 0.3) is 0 Å². The monoisotopic (exact) mass is 348 g/mol. The maximum atomic E-state index is 12.1. The zero-order valence-corrected chi connectivity index (χ0v) is 13.7. The van der Waals surface area contributed by atoms with Gasteiger partial charge < -0.3 is 10.6 Å². The Morgan fingerprint density at radius 2 is 1.96 bits per heavy atom. The summed E-state index contributed by atoms with van der Waals surface area (Å²) in [6, 6.07) is 10.6. The minimum atomic E-state index is -0.193. The molecule has 0 bridgehead atoms. The van der Waals surface area contributed by atoms with E-state index in [9.17, 15) is 9.59 Å². The number of carbonyl (C=O) groups is 2. The molecule has 2 aromatic rings. The molecule has 118 valence electrons. The molecule has 0 saturated carbocycles. The number of nitrogens with one attached hydrogen (secondary N) is 2. The number of hydrogen-bond donors (Lipinski definition) is 2. The van der Waals surface area contributed by atoms with Crippen LogP contribution in [-0.2, 0) is 17.6 Å². The lowest BCUT2D eigenvalue weighted by Crippen LogP contribution is -2.25. The molecule has 2 N–H and O–H groups in total. The van der Waals surface area contributed by atoms with Crippen molar-refractivity contribution in [2.24, 2.45) is 0 Å². The summed E-state index contributed by atoms with van der Waals surface area (Å²) in [7, 11) is 0. The molecule has 1 aliphatic rings. The molecule has 0 atom stereocenters. The Kier molecular flexibility index (Phi) is 4.55. The first-order valence-corrected chi connectivity index (χ1v) is 7.93. The number of amides is 2. The van der Waals surface area contributed by atoms with Crippen LogP contribution >= 0.6 is 23.2 Å². The van der Waals surface area contributed by atoms with Crippen LogP contribution in [0.5, 0.6) is 0 Å². The van der Waals surface area contributed by atoms with Gasteiger partial charge in [-0.05, 0) is 41.8 Å². The van der Waals surface area contributed by atoms with Gasteiger partial charge in [-0.15, -0.1) is 0 Å². The third kappa shape index (κ3) is 3.66. The lowest BCUT2D eigenvalue weighted by atomic mass is 10.1. The Labute approximate surface area is 143 Å². The molecule has 2 amide bonds. The fraction of sp³-hybridized carbons (Fsp3) is 0.176. The van der Waals surface area contributed by atoms with E-state index in [1.54, 1.807) is 18.2 Å². The minimum Gasteiger partial charge on any atom is -0.352 e. The van der Waals surface area contributed by atoms with E-state index in [0.717, 1.165) is 16.8 Å². The standard InChI is InChI=1S/C17H14Cl2N2O2/c18-13-3-2-11(8-14(13)19)17(23)20-6-5-10-1-4-15-12(7-10)9-16(22)21-15/h1-4,7-8H,5-6,9H2,(H,20,23)(H,21,22). The van der Waals surface area contributed by atoms with Gasteiger partial charge in [-0.3, -0.25) is 9.59 Å². The molecule has 0 unspecified atom stereocenters. The molecule has 2 aromatic carbocycles. The quantitative estimate of drug-likeness (QED) is 0.888. The van der Waals surface area contributed by atoms with E-state index < -0.39 is 0 Å². The molecule has 1 aliphatic heterocycles. The normalized spacial score (nSPS) is 12.7. The van der Waals surface area contributed by atoms with Crippen molar-refractivity contribution in [3.8, 4) is 0 Å². The maximum Gasteiger partial charge on any atom is 0.251 e. The van der Waals surface area contributed by atoms with Crippen LogP contribution in [-0.4, -0.2) is 18.4 Å². The van der Waals surface area contributed by atoms with E-state index in [-0.39, 0.29) is 11.8 Å². The van der Waals surface area contributed by atoms with E-state index in [1.165, 1.54) is 0 Å². The van der Waals surface area contributed by atoms with E-state index in [2.05, 4.69) is 10.6 Å². The highest BCUT2D eigenvalue weighted by atomic mass is 35.5. The number of benzene rings is 2. The summed E-state index contributed by atoms with van der Waals surface area (Å²) < 4.78 is 0. The predicted octanol–water partition coefficient (Wildman–Crippen LogP) is 3.46. The second-order valence-corrected chi connectivity index (χ2v) is 6.17. The molecular weight excluding hydrogens is 335 g/mol. The third-order valence-electron chi connectivity index (χ3n) is 3.68. The molecule has 6 heteroatoms. The summed E-state index contributed by atoms with van der Waals surface area (Å²) in [5, 5.41) is 6.42. The summed E-state index contributed by atoms with van der Waals surface area (Å²) in [5.41, 5.74) is 3.43. The lowest BCUT2D eigenvalue weighted by molar-refractivity contribution is -0.115. The zero-order chi connectivity index (χ0) is 16.4. The first kappa shape index (κ1) is 15.8. The zero-order valence-electron chi connectivity index (χ0n) is 12.2. The second kappa shape index (κ2) is 6.60. The second-order valence-electron chi connectivity index (χ2n) is 5.35. The van der Waals surface area contributed by atoms with E-state index >= 15 is 0 Å². The molecule has 0 saturated heterocycles. The Morgan fingerprint density at radius 1 is 1.13 bits per heavy atom. The molecule has 23 heavy (non-hydrogen) atoms. The van der Waals surface area contributed by atoms with Gasteiger partial charge >= 0.3 is 0 Å². The van der Waals surface area contributed by atoms with Gasteiger partial charge in [0.05, 0.1) is 16.5 Å². The molecule has 0 spiro atoms. The summed E-state index contributed by atoms with van der Waals surface area (Å²) in [6.07, 6.45) is 1.10. The van der Waals surface area contributed by atoms with Crippen LogP contribution in [0.4, 0.5) is 5.69 Å². The van der Waals surface area contributed by atoms with Crippen molar-refractivity contribution in [2.45, 2.75) is 12.8 Å². The number of fused-ring (bicyclic) bond motifs is 1. The van der Waals surface area contributed by atoms with Gasteiger partial charge in [0.15, 0.2) is 0 Å². The van der Waals surface area contributed by atoms with Crippen molar-refractivity contribution in [2.75, 3.05) is 11.9 Å². The van der Waals surface area contributed by atoms with Gasteiger partial charge in [0, 0.05) is 17.8 Å². The van der Waals surface area contributed by atoms with Crippen molar-refractivity contribution in [1.29, 1.82) is 0 Å². The van der Waals surface area contributed by atoms with Crippen molar-refractivity contribution >= 4 is 40.7 Å². The molecule has 0 aromatic heterocycles. The molecule has 3 rings (SSSR count). The SMILES string of the molecule is O=C1Cc2cc(CCNC(=O)c3ccc(Cl)c(Cl)c3)ccc2N1. The molecule has 1 heterocycles. The molecule has 4 nitrogen and oxygen atoms in total. The van der Waals surface area contributed by atoms with Gasteiger partial charge in [0.2, 0.25) is 5.91 Å². The fourth-order valence-electron chi connectivity index (χ4n) is 2.50. The topological polar surface area (TPSA) is 58.2 Å². The van der Waals surface area contributed by atoms with Crippen LogP contribution in [0.2, 0.25) is 10.0 Å². The van der Waals surface area contributed by atoms with Gasteiger partial charge in [-0.1, -0.05) is 35.3 Å². The largest absolute Gasteiger partial charge is 0.352 e. The maximum absolute atomic E-state index is 12.1. The fourth-order valence-corrected chi connectivity index (χ4v) is 2.80. The summed E-state index contributed by atoms with van der Waals surface area (Å²) in [5.74, 6) is -0.174.